The number of fused-ring (bicyclic) bond motifs is 2. The molecule has 1 aromatic carbocycles. The molecule has 3 atom stereocenters. The number of carbonyl (C=O) groups is 1. The van der Waals surface area contributed by atoms with Crippen LogP contribution in [0.15, 0.2) is 30.3 Å². The number of rotatable bonds is 5. The smallest absolute Gasteiger partial charge is 0.226 e. The highest BCUT2D eigenvalue weighted by Crippen LogP contribution is 2.37. The Balaban J connectivity index is 1.38. The number of hydrogen-bond donors (Lipinski definition) is 1. The van der Waals surface area contributed by atoms with Crippen LogP contribution in [0.2, 0.25) is 0 Å². The number of ether oxygens (including phenoxy) is 1. The number of nitrogens with zero attached hydrogens (tertiary/aromatic N) is 1. The molecular weight excluding hydrogens is 328 g/mol. The maximum atomic E-state index is 12.5. The first-order chi connectivity index (χ1) is 11.5. The van der Waals surface area contributed by atoms with Gasteiger partial charge in [-0.15, -0.1) is 0 Å². The quantitative estimate of drug-likeness (QED) is 0.855. The SMILES string of the molecule is O=C(NCc1ccccc1)[C@H]1C[C@@H]2CN(S(=O)(=O)C3CC3)C[C@H]1O2. The Morgan fingerprint density at radius 2 is 1.96 bits per heavy atom. The van der Waals surface area contributed by atoms with Crippen molar-refractivity contribution in [3.05, 3.63) is 35.9 Å². The summed E-state index contributed by atoms with van der Waals surface area (Å²) in [6, 6.07) is 9.75. The van der Waals surface area contributed by atoms with Crippen LogP contribution in [0.25, 0.3) is 0 Å². The predicted octanol–water partition coefficient (Wildman–Crippen LogP) is 0.884. The summed E-state index contributed by atoms with van der Waals surface area (Å²) >= 11 is 0. The first kappa shape index (κ1) is 16.1. The molecule has 130 valence electrons. The fourth-order valence-corrected chi connectivity index (χ4v) is 5.48. The van der Waals surface area contributed by atoms with Gasteiger partial charge in [-0.05, 0) is 24.8 Å². The minimum absolute atomic E-state index is 0.0444. The van der Waals surface area contributed by atoms with Crippen molar-refractivity contribution in [2.45, 2.75) is 43.3 Å². The van der Waals surface area contributed by atoms with Crippen LogP contribution in [0.5, 0.6) is 0 Å². The summed E-state index contributed by atoms with van der Waals surface area (Å²) in [6.45, 7) is 1.17. The number of sulfonamides is 1. The average molecular weight is 350 g/mol. The van der Waals surface area contributed by atoms with E-state index in [1.807, 2.05) is 30.3 Å². The van der Waals surface area contributed by atoms with Crippen LogP contribution < -0.4 is 5.32 Å². The van der Waals surface area contributed by atoms with Gasteiger partial charge in [0.15, 0.2) is 0 Å². The van der Waals surface area contributed by atoms with E-state index >= 15 is 0 Å². The number of benzene rings is 1. The topological polar surface area (TPSA) is 75.7 Å². The maximum absolute atomic E-state index is 12.5. The molecule has 1 aliphatic carbocycles. The number of amides is 1. The largest absolute Gasteiger partial charge is 0.371 e. The number of nitrogens with one attached hydrogen (secondary N) is 1. The second-order valence-electron chi connectivity index (χ2n) is 6.90. The Hall–Kier alpha value is -1.44. The van der Waals surface area contributed by atoms with Gasteiger partial charge in [-0.1, -0.05) is 30.3 Å². The molecule has 2 bridgehead atoms. The molecule has 4 rings (SSSR count). The van der Waals surface area contributed by atoms with Gasteiger partial charge in [0.2, 0.25) is 15.9 Å². The van der Waals surface area contributed by atoms with Gasteiger partial charge in [-0.3, -0.25) is 4.79 Å². The minimum atomic E-state index is -3.20. The van der Waals surface area contributed by atoms with E-state index in [4.69, 9.17) is 4.74 Å². The Morgan fingerprint density at radius 3 is 2.67 bits per heavy atom. The predicted molar refractivity (Wildman–Crippen MR) is 88.6 cm³/mol. The van der Waals surface area contributed by atoms with E-state index < -0.39 is 10.0 Å². The van der Waals surface area contributed by atoms with Gasteiger partial charge in [0.05, 0.1) is 23.4 Å². The van der Waals surface area contributed by atoms with Crippen molar-refractivity contribution in [2.75, 3.05) is 13.1 Å². The Bertz CT molecular complexity index is 717. The molecule has 24 heavy (non-hydrogen) atoms. The molecule has 2 aliphatic heterocycles. The summed E-state index contributed by atoms with van der Waals surface area (Å²) in [5, 5.41) is 2.75. The molecule has 2 saturated heterocycles. The first-order valence-electron chi connectivity index (χ1n) is 8.50. The number of morpholine rings is 1. The van der Waals surface area contributed by atoms with Crippen molar-refractivity contribution in [1.82, 2.24) is 9.62 Å². The van der Waals surface area contributed by atoms with Crippen molar-refractivity contribution in [2.24, 2.45) is 5.92 Å². The Labute approximate surface area is 142 Å². The molecule has 0 radical (unpaired) electrons. The molecular formula is C17H22N2O4S. The molecule has 7 heteroatoms. The highest BCUT2D eigenvalue weighted by molar-refractivity contribution is 7.90. The highest BCUT2D eigenvalue weighted by atomic mass is 32.2. The van der Waals surface area contributed by atoms with E-state index in [1.54, 1.807) is 4.31 Å². The van der Waals surface area contributed by atoms with Crippen LogP contribution >= 0.6 is 0 Å². The van der Waals surface area contributed by atoms with Gasteiger partial charge in [-0.2, -0.15) is 4.31 Å². The molecule has 3 aliphatic rings. The van der Waals surface area contributed by atoms with Crippen LogP contribution in [-0.2, 0) is 26.1 Å². The molecule has 1 aromatic rings. The summed E-state index contributed by atoms with van der Waals surface area (Å²) in [6.07, 6.45) is 1.63. The number of carbonyl (C=O) groups excluding carboxylic acids is 1. The lowest BCUT2D eigenvalue weighted by Gasteiger charge is -2.32. The highest BCUT2D eigenvalue weighted by Gasteiger charge is 2.50. The van der Waals surface area contributed by atoms with Crippen LogP contribution in [-0.4, -0.2) is 49.2 Å². The average Bonchev–Trinajstić information content (AvgIpc) is 3.40. The van der Waals surface area contributed by atoms with E-state index in [1.165, 1.54) is 0 Å². The molecule has 3 fully saturated rings. The molecule has 0 spiro atoms. The van der Waals surface area contributed by atoms with Crippen LogP contribution in [0.4, 0.5) is 0 Å². The molecule has 1 amide bonds. The fraction of sp³-hybridized carbons (Fsp3) is 0.588. The van der Waals surface area contributed by atoms with E-state index in [0.29, 0.717) is 26.1 Å². The Morgan fingerprint density at radius 1 is 1.21 bits per heavy atom. The molecule has 1 saturated carbocycles. The Kier molecular flexibility index (Phi) is 4.10. The summed E-state index contributed by atoms with van der Waals surface area (Å²) in [5.74, 6) is -0.310. The second-order valence-corrected chi connectivity index (χ2v) is 9.12. The standard InChI is InChI=1S/C17H22N2O4S/c20-17(18-9-12-4-2-1-3-5-12)15-8-13-10-19(11-16(15)23-13)24(21,22)14-6-7-14/h1-5,13-16H,6-11H2,(H,18,20)/t13-,15+,16-/m1/s1. The third-order valence-corrected chi connectivity index (χ3v) is 7.41. The molecule has 0 unspecified atom stereocenters. The van der Waals surface area contributed by atoms with Crippen molar-refractivity contribution in [3.63, 3.8) is 0 Å². The lowest BCUT2D eigenvalue weighted by Crippen LogP contribution is -2.48. The monoisotopic (exact) mass is 350 g/mol. The van der Waals surface area contributed by atoms with Gasteiger partial charge in [0.1, 0.15) is 0 Å². The molecule has 1 N–H and O–H groups in total. The maximum Gasteiger partial charge on any atom is 0.226 e. The summed E-state index contributed by atoms with van der Waals surface area (Å²) in [4.78, 5) is 12.5. The van der Waals surface area contributed by atoms with E-state index in [9.17, 15) is 13.2 Å². The zero-order valence-corrected chi connectivity index (χ0v) is 14.2. The van der Waals surface area contributed by atoms with E-state index in [-0.39, 0.29) is 29.3 Å². The van der Waals surface area contributed by atoms with Crippen molar-refractivity contribution in [3.8, 4) is 0 Å². The van der Waals surface area contributed by atoms with Crippen LogP contribution in [0, 0.1) is 5.92 Å². The molecule has 2 heterocycles. The third kappa shape index (κ3) is 3.08. The first-order valence-corrected chi connectivity index (χ1v) is 10.0. The molecule has 6 nitrogen and oxygen atoms in total. The van der Waals surface area contributed by atoms with Gasteiger partial charge in [-0.25, -0.2) is 8.42 Å². The normalized spacial score (nSPS) is 30.2. The lowest BCUT2D eigenvalue weighted by molar-refractivity contribution is -0.127. The van der Waals surface area contributed by atoms with Crippen LogP contribution in [0.3, 0.4) is 0 Å². The second kappa shape index (κ2) is 6.13. The minimum Gasteiger partial charge on any atom is -0.371 e. The third-order valence-electron chi connectivity index (χ3n) is 5.08. The van der Waals surface area contributed by atoms with E-state index in [2.05, 4.69) is 5.32 Å². The fourth-order valence-electron chi connectivity index (χ4n) is 3.60. The summed E-state index contributed by atoms with van der Waals surface area (Å²) in [5.41, 5.74) is 1.05. The van der Waals surface area contributed by atoms with Crippen molar-refractivity contribution >= 4 is 15.9 Å². The van der Waals surface area contributed by atoms with Gasteiger partial charge >= 0.3 is 0 Å². The van der Waals surface area contributed by atoms with Crippen molar-refractivity contribution in [1.29, 1.82) is 0 Å². The zero-order valence-electron chi connectivity index (χ0n) is 13.4. The number of hydrogen-bond acceptors (Lipinski definition) is 4. The van der Waals surface area contributed by atoms with Crippen molar-refractivity contribution < 1.29 is 17.9 Å². The van der Waals surface area contributed by atoms with Gasteiger partial charge in [0.25, 0.3) is 0 Å². The molecule has 0 aromatic heterocycles. The lowest BCUT2D eigenvalue weighted by atomic mass is 9.99. The van der Waals surface area contributed by atoms with Gasteiger partial charge in [0, 0.05) is 19.6 Å². The van der Waals surface area contributed by atoms with Gasteiger partial charge < -0.3 is 10.1 Å². The zero-order chi connectivity index (χ0) is 16.7. The summed E-state index contributed by atoms with van der Waals surface area (Å²) < 4.78 is 32.2. The van der Waals surface area contributed by atoms with E-state index in [0.717, 1.165) is 18.4 Å². The van der Waals surface area contributed by atoms with Crippen LogP contribution in [0.1, 0.15) is 24.8 Å². The summed E-state index contributed by atoms with van der Waals surface area (Å²) in [7, 11) is -3.20.